The Kier molecular flexibility index (Phi) is 3.74. The molecule has 2 N–H and O–H groups in total. The molecule has 0 bridgehead atoms. The summed E-state index contributed by atoms with van der Waals surface area (Å²) in [6, 6.07) is 11.2. The lowest BCUT2D eigenvalue weighted by Gasteiger charge is -2.21. The normalized spacial score (nSPS) is 20.7. The van der Waals surface area contributed by atoms with Gasteiger partial charge in [-0.25, -0.2) is 9.59 Å². The molecule has 9 heteroatoms. The highest BCUT2D eigenvalue weighted by molar-refractivity contribution is 6.21. The maximum Gasteiger partial charge on any atom is 0.363 e. The maximum atomic E-state index is 12.4. The molecule has 2 aliphatic heterocycles. The van der Waals surface area contributed by atoms with Crippen LogP contribution in [0.15, 0.2) is 48.5 Å². The second-order valence-electron chi connectivity index (χ2n) is 6.44. The number of hydrogen-bond donors (Lipinski definition) is 2. The molecule has 4 rings (SSSR count). The first-order valence-corrected chi connectivity index (χ1v) is 8.25. The lowest BCUT2D eigenvalue weighted by molar-refractivity contribution is -0.123. The van der Waals surface area contributed by atoms with E-state index >= 15 is 0 Å². The van der Waals surface area contributed by atoms with Crippen LogP contribution in [0.5, 0.6) is 0 Å². The minimum Gasteiger partial charge on any atom is -0.324 e. The fourth-order valence-electron chi connectivity index (χ4n) is 3.07. The summed E-state index contributed by atoms with van der Waals surface area (Å²) in [6.07, 6.45) is 0. The van der Waals surface area contributed by atoms with Crippen molar-refractivity contribution in [1.29, 1.82) is 0 Å². The summed E-state index contributed by atoms with van der Waals surface area (Å²) in [5, 5.41) is 5.08. The Balaban J connectivity index is 1.53. The Hall–Kier alpha value is -4.01. The Bertz CT molecular complexity index is 1030. The van der Waals surface area contributed by atoms with Gasteiger partial charge >= 0.3 is 12.0 Å². The number of amides is 5. The van der Waals surface area contributed by atoms with Crippen LogP contribution in [0.3, 0.4) is 0 Å². The molecule has 0 spiro atoms. The molecule has 0 aliphatic carbocycles. The summed E-state index contributed by atoms with van der Waals surface area (Å²) >= 11 is 0. The molecule has 5 amide bonds. The topological polar surface area (TPSA) is 122 Å². The summed E-state index contributed by atoms with van der Waals surface area (Å²) < 4.78 is 0. The Morgan fingerprint density at radius 3 is 2.00 bits per heavy atom. The van der Waals surface area contributed by atoms with E-state index in [-0.39, 0.29) is 16.7 Å². The molecule has 2 aromatic carbocycles. The van der Waals surface area contributed by atoms with E-state index in [4.69, 9.17) is 4.84 Å². The molecule has 0 radical (unpaired) electrons. The number of nitrogens with one attached hydrogen (secondary N) is 2. The van der Waals surface area contributed by atoms with E-state index in [2.05, 4.69) is 10.6 Å². The minimum absolute atomic E-state index is 0.0636. The molecule has 2 heterocycles. The van der Waals surface area contributed by atoms with E-state index in [9.17, 15) is 24.0 Å². The number of urea groups is 1. The van der Waals surface area contributed by atoms with Crippen molar-refractivity contribution in [3.05, 3.63) is 70.8 Å². The third kappa shape index (κ3) is 2.52. The Morgan fingerprint density at radius 1 is 0.929 bits per heavy atom. The average molecular weight is 379 g/mol. The number of nitrogens with zero attached hydrogens (tertiary/aromatic N) is 1. The van der Waals surface area contributed by atoms with Crippen LogP contribution in [-0.2, 0) is 15.2 Å². The van der Waals surface area contributed by atoms with E-state index in [1.54, 1.807) is 12.1 Å². The van der Waals surface area contributed by atoms with Crippen LogP contribution in [0.25, 0.3) is 0 Å². The number of carbonyl (C=O) groups excluding carboxylic acids is 5. The van der Waals surface area contributed by atoms with Crippen LogP contribution in [0.2, 0.25) is 0 Å². The van der Waals surface area contributed by atoms with Gasteiger partial charge < -0.3 is 10.2 Å². The number of rotatable bonds is 3. The predicted molar refractivity (Wildman–Crippen MR) is 92.8 cm³/mol. The van der Waals surface area contributed by atoms with Crippen molar-refractivity contribution >= 4 is 29.7 Å². The van der Waals surface area contributed by atoms with Crippen LogP contribution in [0.1, 0.15) is 43.6 Å². The lowest BCUT2D eigenvalue weighted by Crippen LogP contribution is -2.40. The molecular weight excluding hydrogens is 366 g/mol. The van der Waals surface area contributed by atoms with Crippen LogP contribution in [-0.4, -0.2) is 34.8 Å². The molecule has 0 aromatic heterocycles. The summed E-state index contributed by atoms with van der Waals surface area (Å²) in [5.41, 5.74) is -0.429. The highest BCUT2D eigenvalue weighted by atomic mass is 16.7. The minimum atomic E-state index is -1.26. The first-order chi connectivity index (χ1) is 13.3. The molecule has 140 valence electrons. The molecular formula is C19H13N3O6. The third-order valence-electron chi connectivity index (χ3n) is 4.67. The molecule has 0 saturated carbocycles. The van der Waals surface area contributed by atoms with Gasteiger partial charge in [0.2, 0.25) is 0 Å². The van der Waals surface area contributed by atoms with Crippen LogP contribution >= 0.6 is 0 Å². The predicted octanol–water partition coefficient (Wildman–Crippen LogP) is 1.11. The van der Waals surface area contributed by atoms with Crippen LogP contribution in [0, 0.1) is 0 Å². The highest BCUT2D eigenvalue weighted by Gasteiger charge is 2.43. The highest BCUT2D eigenvalue weighted by Crippen LogP contribution is 2.26. The van der Waals surface area contributed by atoms with E-state index in [1.807, 2.05) is 0 Å². The zero-order valence-electron chi connectivity index (χ0n) is 14.5. The first kappa shape index (κ1) is 17.4. The monoisotopic (exact) mass is 379 g/mol. The number of hydroxylamine groups is 2. The zero-order chi connectivity index (χ0) is 20.1. The molecule has 1 fully saturated rings. The number of fused-ring (bicyclic) bond motifs is 1. The van der Waals surface area contributed by atoms with Crippen molar-refractivity contribution in [3.8, 4) is 0 Å². The second kappa shape index (κ2) is 6.02. The van der Waals surface area contributed by atoms with Gasteiger partial charge in [-0.05, 0) is 36.8 Å². The van der Waals surface area contributed by atoms with Crippen LogP contribution < -0.4 is 10.6 Å². The van der Waals surface area contributed by atoms with E-state index in [1.165, 1.54) is 43.3 Å². The van der Waals surface area contributed by atoms with Gasteiger partial charge in [0.05, 0.1) is 16.7 Å². The van der Waals surface area contributed by atoms with Crippen molar-refractivity contribution in [2.75, 3.05) is 0 Å². The summed E-state index contributed by atoms with van der Waals surface area (Å²) in [7, 11) is 0. The van der Waals surface area contributed by atoms with Gasteiger partial charge in [-0.15, -0.1) is 0 Å². The van der Waals surface area contributed by atoms with Crippen LogP contribution in [0.4, 0.5) is 4.79 Å². The van der Waals surface area contributed by atoms with Crippen molar-refractivity contribution in [3.63, 3.8) is 0 Å². The van der Waals surface area contributed by atoms with Crippen molar-refractivity contribution in [1.82, 2.24) is 15.7 Å². The molecule has 2 aromatic rings. The van der Waals surface area contributed by atoms with Crippen molar-refractivity contribution in [2.45, 2.75) is 12.5 Å². The van der Waals surface area contributed by atoms with Gasteiger partial charge in [0.15, 0.2) is 0 Å². The quantitative estimate of drug-likeness (QED) is 0.609. The van der Waals surface area contributed by atoms with E-state index in [0.717, 1.165) is 0 Å². The average Bonchev–Trinajstić information content (AvgIpc) is 3.09. The number of imide groups is 2. The largest absolute Gasteiger partial charge is 0.363 e. The lowest BCUT2D eigenvalue weighted by atomic mass is 9.91. The van der Waals surface area contributed by atoms with Gasteiger partial charge in [-0.1, -0.05) is 29.3 Å². The first-order valence-electron chi connectivity index (χ1n) is 8.25. The summed E-state index contributed by atoms with van der Waals surface area (Å²) in [5.74, 6) is -2.86. The van der Waals surface area contributed by atoms with Crippen molar-refractivity contribution < 1.29 is 28.8 Å². The number of carbonyl (C=O) groups is 5. The van der Waals surface area contributed by atoms with Gasteiger partial charge in [-0.3, -0.25) is 19.7 Å². The molecule has 1 saturated heterocycles. The molecule has 28 heavy (non-hydrogen) atoms. The van der Waals surface area contributed by atoms with Gasteiger partial charge in [0, 0.05) is 0 Å². The smallest absolute Gasteiger partial charge is 0.324 e. The summed E-state index contributed by atoms with van der Waals surface area (Å²) in [4.78, 5) is 65.2. The maximum absolute atomic E-state index is 12.4. The number of hydrogen-bond acceptors (Lipinski definition) is 6. The molecule has 2 aliphatic rings. The third-order valence-corrected chi connectivity index (χ3v) is 4.67. The zero-order valence-corrected chi connectivity index (χ0v) is 14.5. The second-order valence-corrected chi connectivity index (χ2v) is 6.44. The van der Waals surface area contributed by atoms with Crippen molar-refractivity contribution in [2.24, 2.45) is 0 Å². The standard InChI is InChI=1S/C19H13N3O6/c1-19(17(26)20-18(27)21-19)11-8-6-10(7-9-11)16(25)28-22-14(23)12-4-2-3-5-13(12)15(22)24/h2-9H,1H3,(H2,20,21,26,27). The fourth-order valence-corrected chi connectivity index (χ4v) is 3.07. The Labute approximate surface area is 158 Å². The molecule has 1 unspecified atom stereocenters. The van der Waals surface area contributed by atoms with E-state index in [0.29, 0.717) is 10.6 Å². The summed E-state index contributed by atoms with van der Waals surface area (Å²) in [6.45, 7) is 1.53. The fraction of sp³-hybridized carbons (Fsp3) is 0.105. The van der Waals surface area contributed by atoms with Gasteiger partial charge in [-0.2, -0.15) is 0 Å². The van der Waals surface area contributed by atoms with Gasteiger partial charge in [0.1, 0.15) is 5.54 Å². The van der Waals surface area contributed by atoms with E-state index < -0.39 is 35.3 Å². The van der Waals surface area contributed by atoms with Gasteiger partial charge in [0.25, 0.3) is 17.7 Å². The Morgan fingerprint density at radius 2 is 1.50 bits per heavy atom. The SMILES string of the molecule is CC1(c2ccc(C(=O)ON3C(=O)c4ccccc4C3=O)cc2)NC(=O)NC1=O. The number of benzene rings is 2. The molecule has 9 nitrogen and oxygen atoms in total. The molecule has 1 atom stereocenters.